The first-order valence-corrected chi connectivity index (χ1v) is 7.20. The van der Waals surface area contributed by atoms with E-state index >= 15 is 0 Å². The number of nitrogens with two attached hydrogens (primary N) is 1. The van der Waals surface area contributed by atoms with Crippen LogP contribution in [-0.4, -0.2) is 14.5 Å². The summed E-state index contributed by atoms with van der Waals surface area (Å²) in [6.07, 6.45) is 2.34. The van der Waals surface area contributed by atoms with Gasteiger partial charge in [0.05, 0.1) is 4.90 Å². The van der Waals surface area contributed by atoms with E-state index in [-0.39, 0.29) is 18.4 Å². The van der Waals surface area contributed by atoms with Gasteiger partial charge in [0.2, 0.25) is 0 Å². The highest BCUT2D eigenvalue weighted by molar-refractivity contribution is 7.94. The molecular weight excluding hydrogens is 270 g/mol. The maximum absolute atomic E-state index is 11.9. The Morgan fingerprint density at radius 3 is 2.28 bits per heavy atom. The Morgan fingerprint density at radius 2 is 1.78 bits per heavy atom. The lowest BCUT2D eigenvalue weighted by Gasteiger charge is -2.08. The summed E-state index contributed by atoms with van der Waals surface area (Å²) in [4.78, 5) is 0.299. The second kappa shape index (κ2) is 7.56. The zero-order valence-corrected chi connectivity index (χ0v) is 12.2. The third-order valence-corrected chi connectivity index (χ3v) is 3.76. The molecule has 0 bridgehead atoms. The summed E-state index contributed by atoms with van der Waals surface area (Å²) < 4.78 is 23.8. The van der Waals surface area contributed by atoms with Crippen LogP contribution in [0.5, 0.6) is 0 Å². The largest absolute Gasteiger partial charge is 0.324 e. The molecule has 0 unspecified atom stereocenters. The normalized spacial score (nSPS) is 13.6. The maximum Gasteiger partial charge on any atom is 0.199 e. The van der Waals surface area contributed by atoms with Crippen LogP contribution in [0.2, 0.25) is 0 Å². The molecular formula is C13H20ClNO2S. The Morgan fingerprint density at radius 1 is 1.22 bits per heavy atom. The summed E-state index contributed by atoms with van der Waals surface area (Å²) in [6, 6.07) is 8.13. The molecule has 1 atom stereocenters. The fourth-order valence-corrected chi connectivity index (χ4v) is 2.62. The van der Waals surface area contributed by atoms with E-state index in [0.717, 1.165) is 6.42 Å². The van der Waals surface area contributed by atoms with E-state index in [4.69, 9.17) is 5.73 Å². The van der Waals surface area contributed by atoms with Crippen molar-refractivity contribution in [3.8, 4) is 0 Å². The molecule has 1 rings (SSSR count). The molecule has 1 aromatic rings. The van der Waals surface area contributed by atoms with Gasteiger partial charge in [0.25, 0.3) is 0 Å². The van der Waals surface area contributed by atoms with Gasteiger partial charge in [-0.15, -0.1) is 12.4 Å². The first-order valence-electron chi connectivity index (χ1n) is 5.66. The average molecular weight is 290 g/mol. The van der Waals surface area contributed by atoms with Gasteiger partial charge in [-0.2, -0.15) is 0 Å². The van der Waals surface area contributed by atoms with Crippen molar-refractivity contribution in [1.29, 1.82) is 0 Å². The zero-order chi connectivity index (χ0) is 12.9. The highest BCUT2D eigenvalue weighted by atomic mass is 35.5. The third-order valence-electron chi connectivity index (χ3n) is 2.32. The lowest BCUT2D eigenvalue weighted by Crippen LogP contribution is -2.19. The molecule has 102 valence electrons. The molecule has 2 N–H and O–H groups in total. The summed E-state index contributed by atoms with van der Waals surface area (Å²) in [5.41, 5.74) is 5.81. The monoisotopic (exact) mass is 289 g/mol. The summed E-state index contributed by atoms with van der Waals surface area (Å²) in [5, 5.41) is 1.20. The minimum Gasteiger partial charge on any atom is -0.324 e. The second-order valence-corrected chi connectivity index (χ2v) is 6.31. The fraction of sp³-hybridized carbons (Fsp3) is 0.385. The van der Waals surface area contributed by atoms with E-state index in [1.54, 1.807) is 36.4 Å². The summed E-state index contributed by atoms with van der Waals surface area (Å²) >= 11 is 0. The molecule has 0 saturated carbocycles. The van der Waals surface area contributed by atoms with Crippen molar-refractivity contribution in [3.63, 3.8) is 0 Å². The second-order valence-electron chi connectivity index (χ2n) is 4.48. The molecule has 0 saturated heterocycles. The Balaban J connectivity index is 0.00000289. The van der Waals surface area contributed by atoms with Crippen molar-refractivity contribution in [3.05, 3.63) is 41.8 Å². The van der Waals surface area contributed by atoms with Gasteiger partial charge in [-0.05, 0) is 24.5 Å². The molecule has 0 aromatic heterocycles. The number of halogens is 1. The standard InChI is InChI=1S/C13H19NO2S.ClH/c1-11(2)10-12(14)8-9-17(15,16)13-6-4-3-5-7-13;/h3-9,11-12H,10,14H2,1-2H3;1H/b9-8+;/t12-;/m0./s1. The molecule has 0 fully saturated rings. The van der Waals surface area contributed by atoms with Gasteiger partial charge in [-0.3, -0.25) is 0 Å². The van der Waals surface area contributed by atoms with Crippen LogP contribution < -0.4 is 5.73 Å². The molecule has 5 heteroatoms. The van der Waals surface area contributed by atoms with Crippen LogP contribution in [0.15, 0.2) is 46.7 Å². The lowest BCUT2D eigenvalue weighted by molar-refractivity contribution is 0.546. The summed E-state index contributed by atoms with van der Waals surface area (Å²) in [5.74, 6) is 0.453. The summed E-state index contributed by atoms with van der Waals surface area (Å²) in [7, 11) is -3.35. The molecule has 0 spiro atoms. The topological polar surface area (TPSA) is 60.2 Å². The van der Waals surface area contributed by atoms with Crippen LogP contribution in [0.4, 0.5) is 0 Å². The number of hydrogen-bond acceptors (Lipinski definition) is 3. The lowest BCUT2D eigenvalue weighted by atomic mass is 10.1. The van der Waals surface area contributed by atoms with Crippen LogP contribution >= 0.6 is 12.4 Å². The minimum absolute atomic E-state index is 0. The number of rotatable bonds is 5. The quantitative estimate of drug-likeness (QED) is 0.907. The van der Waals surface area contributed by atoms with Gasteiger partial charge < -0.3 is 5.73 Å². The molecule has 1 aromatic carbocycles. The Kier molecular flexibility index (Phi) is 7.21. The van der Waals surface area contributed by atoms with Crippen LogP contribution in [0.1, 0.15) is 20.3 Å². The Hall–Kier alpha value is -0.840. The molecule has 0 radical (unpaired) electrons. The molecule has 0 aliphatic heterocycles. The number of benzene rings is 1. The van der Waals surface area contributed by atoms with E-state index in [1.165, 1.54) is 5.41 Å². The van der Waals surface area contributed by atoms with Crippen molar-refractivity contribution in [2.45, 2.75) is 31.2 Å². The Bertz CT molecular complexity index is 469. The highest BCUT2D eigenvalue weighted by Gasteiger charge is 2.10. The van der Waals surface area contributed by atoms with Crippen LogP contribution in [0.25, 0.3) is 0 Å². The zero-order valence-electron chi connectivity index (χ0n) is 10.6. The van der Waals surface area contributed by atoms with Crippen molar-refractivity contribution in [1.82, 2.24) is 0 Å². The van der Waals surface area contributed by atoms with Crippen molar-refractivity contribution in [2.75, 3.05) is 0 Å². The van der Waals surface area contributed by atoms with E-state index in [2.05, 4.69) is 13.8 Å². The third kappa shape index (κ3) is 5.67. The summed E-state index contributed by atoms with van der Waals surface area (Å²) in [6.45, 7) is 4.11. The van der Waals surface area contributed by atoms with Crippen LogP contribution in [0.3, 0.4) is 0 Å². The molecule has 3 nitrogen and oxygen atoms in total. The minimum atomic E-state index is -3.35. The Labute approximate surface area is 115 Å². The SMILES string of the molecule is CC(C)C[C@@H](N)/C=C/S(=O)(=O)c1ccccc1.Cl. The highest BCUT2D eigenvalue weighted by Crippen LogP contribution is 2.12. The van der Waals surface area contributed by atoms with E-state index in [9.17, 15) is 8.42 Å². The fourth-order valence-electron chi connectivity index (χ4n) is 1.52. The van der Waals surface area contributed by atoms with Crippen molar-refractivity contribution in [2.24, 2.45) is 11.7 Å². The van der Waals surface area contributed by atoms with E-state index in [1.807, 2.05) is 0 Å². The van der Waals surface area contributed by atoms with Gasteiger partial charge in [0, 0.05) is 11.4 Å². The van der Waals surface area contributed by atoms with Gasteiger partial charge in [-0.1, -0.05) is 38.1 Å². The van der Waals surface area contributed by atoms with Crippen molar-refractivity contribution < 1.29 is 8.42 Å². The molecule has 0 amide bonds. The maximum atomic E-state index is 11.9. The first kappa shape index (κ1) is 17.2. The predicted octanol–water partition coefficient (Wildman–Crippen LogP) is 2.77. The predicted molar refractivity (Wildman–Crippen MR) is 77.4 cm³/mol. The molecule has 0 heterocycles. The van der Waals surface area contributed by atoms with Gasteiger partial charge in [0.1, 0.15) is 0 Å². The van der Waals surface area contributed by atoms with Gasteiger partial charge >= 0.3 is 0 Å². The number of hydrogen-bond donors (Lipinski definition) is 1. The molecule has 18 heavy (non-hydrogen) atoms. The van der Waals surface area contributed by atoms with Gasteiger partial charge in [-0.25, -0.2) is 8.42 Å². The van der Waals surface area contributed by atoms with E-state index < -0.39 is 9.84 Å². The molecule has 0 aliphatic rings. The van der Waals surface area contributed by atoms with Gasteiger partial charge in [0.15, 0.2) is 9.84 Å². The average Bonchev–Trinajstić information content (AvgIpc) is 2.27. The smallest absolute Gasteiger partial charge is 0.199 e. The van der Waals surface area contributed by atoms with E-state index in [0.29, 0.717) is 10.8 Å². The molecule has 0 aliphatic carbocycles. The first-order chi connectivity index (χ1) is 7.92. The van der Waals surface area contributed by atoms with Crippen LogP contribution in [-0.2, 0) is 9.84 Å². The van der Waals surface area contributed by atoms with Crippen molar-refractivity contribution >= 4 is 22.2 Å². The van der Waals surface area contributed by atoms with Crippen LogP contribution in [0, 0.1) is 5.92 Å². The number of sulfone groups is 1.